The lowest BCUT2D eigenvalue weighted by Crippen LogP contribution is -2.36. The van der Waals surface area contributed by atoms with Gasteiger partial charge in [-0.05, 0) is 12.1 Å². The van der Waals surface area contributed by atoms with Gasteiger partial charge in [0.1, 0.15) is 17.1 Å². The molecule has 0 unspecified atom stereocenters. The molecule has 3 heterocycles. The van der Waals surface area contributed by atoms with Crippen LogP contribution in [0.4, 0.5) is 0 Å². The molecule has 0 bridgehead atoms. The summed E-state index contributed by atoms with van der Waals surface area (Å²) in [5.74, 6) is 1.58. The molecule has 0 aliphatic carbocycles. The number of carbonyl (C=O) groups excluding carboxylic acids is 1. The van der Waals surface area contributed by atoms with Crippen LogP contribution in [-0.4, -0.2) is 27.3 Å². The lowest BCUT2D eigenvalue weighted by Gasteiger charge is -2.25. The monoisotopic (exact) mass is 335 g/mol. The highest BCUT2D eigenvalue weighted by atomic mass is 16.4. The lowest BCUT2D eigenvalue weighted by molar-refractivity contribution is 0.0722. The fourth-order valence-corrected chi connectivity index (χ4v) is 3.04. The van der Waals surface area contributed by atoms with Crippen molar-refractivity contribution >= 4 is 16.8 Å². The summed E-state index contributed by atoms with van der Waals surface area (Å²) in [7, 11) is 0. The van der Waals surface area contributed by atoms with Crippen molar-refractivity contribution < 1.29 is 9.21 Å². The van der Waals surface area contributed by atoms with Gasteiger partial charge in [0.05, 0.1) is 12.1 Å². The van der Waals surface area contributed by atoms with E-state index in [9.17, 15) is 4.79 Å². The maximum absolute atomic E-state index is 12.9. The Labute approximate surface area is 146 Å². The van der Waals surface area contributed by atoms with E-state index in [1.807, 2.05) is 30.3 Å². The van der Waals surface area contributed by atoms with Crippen LogP contribution in [0.3, 0.4) is 0 Å². The van der Waals surface area contributed by atoms with E-state index >= 15 is 0 Å². The van der Waals surface area contributed by atoms with Gasteiger partial charge in [0.15, 0.2) is 5.89 Å². The third kappa shape index (κ3) is 2.90. The van der Waals surface area contributed by atoms with Crippen molar-refractivity contribution in [1.29, 1.82) is 0 Å². The summed E-state index contributed by atoms with van der Waals surface area (Å²) < 4.78 is 5.90. The number of nitrogens with zero attached hydrogens (tertiary/aromatic N) is 3. The van der Waals surface area contributed by atoms with E-state index in [1.165, 1.54) is 0 Å². The van der Waals surface area contributed by atoms with Crippen LogP contribution in [0.25, 0.3) is 10.9 Å². The van der Waals surface area contributed by atoms with Crippen LogP contribution in [0, 0.1) is 0 Å². The molecule has 1 aliphatic heterocycles. The molecular weight excluding hydrogens is 314 g/mol. The number of pyridine rings is 1. The first-order valence-corrected chi connectivity index (χ1v) is 8.56. The second-order valence-corrected chi connectivity index (χ2v) is 7.50. The van der Waals surface area contributed by atoms with E-state index in [4.69, 9.17) is 4.42 Å². The van der Waals surface area contributed by atoms with Crippen molar-refractivity contribution in [1.82, 2.24) is 14.9 Å². The molecule has 1 aromatic carbocycles. The molecule has 0 fully saturated rings. The quantitative estimate of drug-likeness (QED) is 0.680. The van der Waals surface area contributed by atoms with E-state index in [0.29, 0.717) is 25.2 Å². The third-order valence-corrected chi connectivity index (χ3v) is 4.47. The van der Waals surface area contributed by atoms with Gasteiger partial charge in [-0.15, -0.1) is 0 Å². The van der Waals surface area contributed by atoms with Crippen LogP contribution < -0.4 is 0 Å². The molecule has 4 rings (SSSR count). The number of hydrogen-bond acceptors (Lipinski definition) is 4. The number of para-hydroxylation sites is 1. The summed E-state index contributed by atoms with van der Waals surface area (Å²) in [6.45, 7) is 7.33. The fourth-order valence-electron chi connectivity index (χ4n) is 3.04. The minimum Gasteiger partial charge on any atom is -0.445 e. The van der Waals surface area contributed by atoms with Gasteiger partial charge in [-0.1, -0.05) is 45.0 Å². The zero-order chi connectivity index (χ0) is 17.6. The average Bonchev–Trinajstić information content (AvgIpc) is 3.04. The largest absolute Gasteiger partial charge is 0.445 e. The Balaban J connectivity index is 1.60. The third-order valence-electron chi connectivity index (χ3n) is 4.47. The van der Waals surface area contributed by atoms with Crippen molar-refractivity contribution in [2.24, 2.45) is 0 Å². The Morgan fingerprint density at radius 1 is 1.12 bits per heavy atom. The number of hydrogen-bond donors (Lipinski definition) is 0. The van der Waals surface area contributed by atoms with Crippen molar-refractivity contribution in [2.45, 2.75) is 39.2 Å². The van der Waals surface area contributed by atoms with Gasteiger partial charge in [-0.25, -0.2) is 9.97 Å². The van der Waals surface area contributed by atoms with Crippen molar-refractivity contribution in [2.75, 3.05) is 6.54 Å². The molecule has 2 aromatic heterocycles. The number of carbonyl (C=O) groups is 1. The van der Waals surface area contributed by atoms with Gasteiger partial charge in [0.2, 0.25) is 0 Å². The molecule has 5 heteroatoms. The Kier molecular flexibility index (Phi) is 3.60. The SMILES string of the molecule is CC(C)(C)c1nc2c(o1)CCN(C(=O)c1ccc3ccccc3n1)C2. The maximum atomic E-state index is 12.9. The zero-order valence-electron chi connectivity index (χ0n) is 14.7. The lowest BCUT2D eigenvalue weighted by atomic mass is 9.97. The summed E-state index contributed by atoms with van der Waals surface area (Å²) in [5.41, 5.74) is 2.04. The second kappa shape index (κ2) is 5.69. The first kappa shape index (κ1) is 15.8. The van der Waals surface area contributed by atoms with Gasteiger partial charge in [0, 0.05) is 23.8 Å². The van der Waals surface area contributed by atoms with Gasteiger partial charge in [0.25, 0.3) is 5.91 Å². The average molecular weight is 335 g/mol. The molecule has 3 aromatic rings. The van der Waals surface area contributed by atoms with E-state index < -0.39 is 0 Å². The van der Waals surface area contributed by atoms with Crippen LogP contribution in [0.2, 0.25) is 0 Å². The van der Waals surface area contributed by atoms with Gasteiger partial charge in [-0.2, -0.15) is 0 Å². The summed E-state index contributed by atoms with van der Waals surface area (Å²) >= 11 is 0. The molecule has 0 atom stereocenters. The topological polar surface area (TPSA) is 59.2 Å². The second-order valence-electron chi connectivity index (χ2n) is 7.50. The van der Waals surface area contributed by atoms with Crippen LogP contribution >= 0.6 is 0 Å². The molecule has 1 amide bonds. The van der Waals surface area contributed by atoms with Crippen molar-refractivity contribution in [3.63, 3.8) is 0 Å². The maximum Gasteiger partial charge on any atom is 0.272 e. The predicted octanol–water partition coefficient (Wildman–Crippen LogP) is 3.72. The minimum atomic E-state index is -0.133. The summed E-state index contributed by atoms with van der Waals surface area (Å²) in [5, 5.41) is 1.03. The molecular formula is C20H21N3O2. The number of amides is 1. The van der Waals surface area contributed by atoms with E-state index in [0.717, 1.165) is 28.2 Å². The molecule has 0 N–H and O–H groups in total. The number of aromatic nitrogens is 2. The molecule has 0 saturated heterocycles. The number of oxazole rings is 1. The Hall–Kier alpha value is -2.69. The van der Waals surface area contributed by atoms with Gasteiger partial charge < -0.3 is 9.32 Å². The van der Waals surface area contributed by atoms with Crippen LogP contribution in [0.1, 0.15) is 48.6 Å². The Morgan fingerprint density at radius 3 is 2.72 bits per heavy atom. The van der Waals surface area contributed by atoms with Crippen molar-refractivity contribution in [3.8, 4) is 0 Å². The van der Waals surface area contributed by atoms with Gasteiger partial charge >= 0.3 is 0 Å². The molecule has 5 nitrogen and oxygen atoms in total. The summed E-state index contributed by atoms with van der Waals surface area (Å²) in [6, 6.07) is 11.6. The normalized spacial score (nSPS) is 14.6. The fraction of sp³-hybridized carbons (Fsp3) is 0.350. The number of fused-ring (bicyclic) bond motifs is 2. The van der Waals surface area contributed by atoms with Crippen LogP contribution in [0.5, 0.6) is 0 Å². The van der Waals surface area contributed by atoms with Gasteiger partial charge in [-0.3, -0.25) is 4.79 Å². The van der Waals surface area contributed by atoms with E-state index in [-0.39, 0.29) is 11.3 Å². The highest BCUT2D eigenvalue weighted by Gasteiger charge is 2.29. The molecule has 1 aliphatic rings. The highest BCUT2D eigenvalue weighted by Crippen LogP contribution is 2.28. The predicted molar refractivity (Wildman–Crippen MR) is 95.4 cm³/mol. The highest BCUT2D eigenvalue weighted by molar-refractivity contribution is 5.95. The molecule has 25 heavy (non-hydrogen) atoms. The minimum absolute atomic E-state index is 0.0586. The van der Waals surface area contributed by atoms with E-state index in [2.05, 4.69) is 30.7 Å². The standard InChI is InChI=1S/C20H21N3O2/c1-20(2,3)19-22-16-12-23(11-10-17(16)25-19)18(24)15-9-8-13-6-4-5-7-14(13)21-15/h4-9H,10-12H2,1-3H3. The zero-order valence-corrected chi connectivity index (χ0v) is 14.7. The Morgan fingerprint density at radius 2 is 1.92 bits per heavy atom. The van der Waals surface area contributed by atoms with E-state index in [1.54, 1.807) is 11.0 Å². The molecule has 128 valence electrons. The molecule has 0 saturated carbocycles. The molecule has 0 spiro atoms. The first-order valence-electron chi connectivity index (χ1n) is 8.56. The molecule has 0 radical (unpaired) electrons. The van der Waals surface area contributed by atoms with Crippen LogP contribution in [-0.2, 0) is 18.4 Å². The number of rotatable bonds is 1. The summed E-state index contributed by atoms with van der Waals surface area (Å²) in [4.78, 5) is 23.8. The summed E-state index contributed by atoms with van der Waals surface area (Å²) in [6.07, 6.45) is 0.692. The Bertz CT molecular complexity index is 953. The van der Waals surface area contributed by atoms with Crippen molar-refractivity contribution in [3.05, 3.63) is 59.4 Å². The first-order chi connectivity index (χ1) is 11.9. The number of benzene rings is 1. The smallest absolute Gasteiger partial charge is 0.272 e. The van der Waals surface area contributed by atoms with Crippen LogP contribution in [0.15, 0.2) is 40.8 Å².